The van der Waals surface area contributed by atoms with Crippen molar-refractivity contribution in [2.45, 2.75) is 58.1 Å². The number of ether oxygens (including phenoxy) is 1. The van der Waals surface area contributed by atoms with Gasteiger partial charge in [-0.2, -0.15) is 0 Å². The van der Waals surface area contributed by atoms with Crippen LogP contribution < -0.4 is 10.6 Å². The van der Waals surface area contributed by atoms with Gasteiger partial charge in [0.1, 0.15) is 11.6 Å². The Morgan fingerprint density at radius 2 is 2.24 bits per heavy atom. The molecule has 1 aromatic heterocycles. The molecule has 0 bridgehead atoms. The van der Waals surface area contributed by atoms with Gasteiger partial charge in [0.25, 0.3) is 0 Å². The number of nitrogens with zero attached hydrogens (tertiary/aromatic N) is 1. The third kappa shape index (κ3) is 6.82. The van der Waals surface area contributed by atoms with Gasteiger partial charge in [-0.05, 0) is 58.2 Å². The minimum Gasteiger partial charge on any atom is -0.458 e. The van der Waals surface area contributed by atoms with Gasteiger partial charge in [-0.3, -0.25) is 9.78 Å². The van der Waals surface area contributed by atoms with Crippen molar-refractivity contribution in [1.29, 1.82) is 0 Å². The number of piperidine rings is 1. The summed E-state index contributed by atoms with van der Waals surface area (Å²) in [6, 6.07) is 3.19. The average molecular weight is 347 g/mol. The third-order valence-corrected chi connectivity index (χ3v) is 4.15. The Labute approximate surface area is 149 Å². The number of aromatic nitrogens is 1. The Morgan fingerprint density at radius 3 is 2.84 bits per heavy atom. The Hall–Kier alpha value is -1.95. The van der Waals surface area contributed by atoms with Gasteiger partial charge in [-0.25, -0.2) is 4.79 Å². The van der Waals surface area contributed by atoms with Crippen LogP contribution in [-0.4, -0.2) is 41.6 Å². The SMILES string of the molecule is CC(C)(C)OC(=O)C(NC(=O)CCc1cccnc1)C1CCCNC1. The first-order chi connectivity index (χ1) is 11.8. The quantitative estimate of drug-likeness (QED) is 0.768. The minimum atomic E-state index is -0.603. The van der Waals surface area contributed by atoms with Crippen LogP contribution in [0.5, 0.6) is 0 Å². The molecule has 2 atom stereocenters. The Bertz CT molecular complexity index is 563. The summed E-state index contributed by atoms with van der Waals surface area (Å²) in [7, 11) is 0. The number of nitrogens with one attached hydrogen (secondary N) is 2. The highest BCUT2D eigenvalue weighted by Gasteiger charge is 2.34. The zero-order chi connectivity index (χ0) is 18.3. The van der Waals surface area contributed by atoms with E-state index in [1.54, 1.807) is 12.4 Å². The van der Waals surface area contributed by atoms with Gasteiger partial charge in [0, 0.05) is 31.3 Å². The predicted octanol–water partition coefficient (Wildman–Crippen LogP) is 1.84. The van der Waals surface area contributed by atoms with Gasteiger partial charge in [0.15, 0.2) is 0 Å². The van der Waals surface area contributed by atoms with Crippen LogP contribution in [0.25, 0.3) is 0 Å². The summed E-state index contributed by atoms with van der Waals surface area (Å²) in [4.78, 5) is 29.0. The highest BCUT2D eigenvalue weighted by molar-refractivity contribution is 5.85. The molecule has 0 aromatic carbocycles. The molecule has 1 saturated heterocycles. The molecule has 25 heavy (non-hydrogen) atoms. The van der Waals surface area contributed by atoms with Crippen LogP contribution in [0.3, 0.4) is 0 Å². The smallest absolute Gasteiger partial charge is 0.329 e. The van der Waals surface area contributed by atoms with Crippen LogP contribution in [0.2, 0.25) is 0 Å². The van der Waals surface area contributed by atoms with Crippen LogP contribution in [0, 0.1) is 5.92 Å². The first-order valence-corrected chi connectivity index (χ1v) is 8.97. The summed E-state index contributed by atoms with van der Waals surface area (Å²) in [6.07, 6.45) is 6.28. The number of esters is 1. The zero-order valence-corrected chi connectivity index (χ0v) is 15.4. The molecule has 1 fully saturated rings. The number of hydrogen-bond donors (Lipinski definition) is 2. The lowest BCUT2D eigenvalue weighted by Crippen LogP contribution is -2.52. The first kappa shape index (κ1) is 19.4. The van der Waals surface area contributed by atoms with E-state index < -0.39 is 11.6 Å². The second kappa shape index (κ2) is 8.94. The number of amides is 1. The van der Waals surface area contributed by atoms with E-state index in [-0.39, 0.29) is 17.8 Å². The number of pyridine rings is 1. The molecule has 2 N–H and O–H groups in total. The summed E-state index contributed by atoms with van der Waals surface area (Å²) < 4.78 is 5.53. The Kier molecular flexibility index (Phi) is 6.93. The summed E-state index contributed by atoms with van der Waals surface area (Å²) in [5, 5.41) is 6.20. The van der Waals surface area contributed by atoms with Gasteiger partial charge >= 0.3 is 5.97 Å². The molecule has 1 aliphatic rings. The maximum Gasteiger partial charge on any atom is 0.329 e. The van der Waals surface area contributed by atoms with E-state index in [1.165, 1.54) is 0 Å². The fraction of sp³-hybridized carbons (Fsp3) is 0.632. The lowest BCUT2D eigenvalue weighted by atomic mass is 9.91. The number of hydrogen-bond acceptors (Lipinski definition) is 5. The molecular weight excluding hydrogens is 318 g/mol. The molecule has 1 aromatic rings. The highest BCUT2D eigenvalue weighted by Crippen LogP contribution is 2.19. The van der Waals surface area contributed by atoms with Crippen molar-refractivity contribution < 1.29 is 14.3 Å². The molecule has 1 aliphatic heterocycles. The normalized spacial score (nSPS) is 19.1. The van der Waals surface area contributed by atoms with Crippen molar-refractivity contribution in [3.63, 3.8) is 0 Å². The van der Waals surface area contributed by atoms with Crippen LogP contribution >= 0.6 is 0 Å². The standard InChI is InChI=1S/C19H29N3O3/c1-19(2,3)25-18(24)17(15-7-5-11-21-13-15)22-16(23)9-8-14-6-4-10-20-12-14/h4,6,10,12,15,17,21H,5,7-9,11,13H2,1-3H3,(H,22,23). The van der Waals surface area contributed by atoms with Crippen molar-refractivity contribution >= 4 is 11.9 Å². The Balaban J connectivity index is 1.96. The largest absolute Gasteiger partial charge is 0.458 e. The van der Waals surface area contributed by atoms with E-state index in [9.17, 15) is 9.59 Å². The van der Waals surface area contributed by atoms with Crippen molar-refractivity contribution in [2.75, 3.05) is 13.1 Å². The summed E-state index contributed by atoms with van der Waals surface area (Å²) >= 11 is 0. The van der Waals surface area contributed by atoms with Gasteiger partial charge in [0.2, 0.25) is 5.91 Å². The van der Waals surface area contributed by atoms with E-state index in [1.807, 2.05) is 32.9 Å². The van der Waals surface area contributed by atoms with Gasteiger partial charge in [0.05, 0.1) is 0 Å². The molecule has 0 saturated carbocycles. The minimum absolute atomic E-state index is 0.0611. The van der Waals surface area contributed by atoms with E-state index in [2.05, 4.69) is 15.6 Å². The Morgan fingerprint density at radius 1 is 1.44 bits per heavy atom. The van der Waals surface area contributed by atoms with Crippen LogP contribution in [0.1, 0.15) is 45.6 Å². The fourth-order valence-electron chi connectivity index (χ4n) is 2.95. The maximum atomic E-state index is 12.6. The molecule has 138 valence electrons. The molecule has 0 spiro atoms. The third-order valence-electron chi connectivity index (χ3n) is 4.15. The monoisotopic (exact) mass is 347 g/mol. The second-order valence-corrected chi connectivity index (χ2v) is 7.55. The van der Waals surface area contributed by atoms with Crippen molar-refractivity contribution in [3.8, 4) is 0 Å². The number of carbonyl (C=O) groups is 2. The zero-order valence-electron chi connectivity index (χ0n) is 15.4. The van der Waals surface area contributed by atoms with Gasteiger partial charge < -0.3 is 15.4 Å². The second-order valence-electron chi connectivity index (χ2n) is 7.55. The lowest BCUT2D eigenvalue weighted by Gasteiger charge is -2.32. The molecular formula is C19H29N3O3. The first-order valence-electron chi connectivity index (χ1n) is 8.97. The number of carbonyl (C=O) groups excluding carboxylic acids is 2. The highest BCUT2D eigenvalue weighted by atomic mass is 16.6. The van der Waals surface area contributed by atoms with Gasteiger partial charge in [-0.1, -0.05) is 6.07 Å². The topological polar surface area (TPSA) is 80.3 Å². The molecule has 0 aliphatic carbocycles. The average Bonchev–Trinajstić information content (AvgIpc) is 2.58. The van der Waals surface area contributed by atoms with Crippen molar-refractivity contribution in [3.05, 3.63) is 30.1 Å². The molecule has 2 rings (SSSR count). The summed E-state index contributed by atoms with van der Waals surface area (Å²) in [5.41, 5.74) is 0.434. The number of rotatable bonds is 6. The van der Waals surface area contributed by atoms with Crippen molar-refractivity contribution in [1.82, 2.24) is 15.6 Å². The fourth-order valence-corrected chi connectivity index (χ4v) is 2.95. The summed E-state index contributed by atoms with van der Waals surface area (Å²) in [6.45, 7) is 7.18. The lowest BCUT2D eigenvalue weighted by molar-refractivity contribution is -0.160. The molecule has 6 nitrogen and oxygen atoms in total. The molecule has 6 heteroatoms. The maximum absolute atomic E-state index is 12.6. The predicted molar refractivity (Wildman–Crippen MR) is 95.9 cm³/mol. The van der Waals surface area contributed by atoms with Crippen LogP contribution in [0.4, 0.5) is 0 Å². The molecule has 0 radical (unpaired) electrons. The number of aryl methyl sites for hydroxylation is 1. The van der Waals surface area contributed by atoms with Gasteiger partial charge in [-0.15, -0.1) is 0 Å². The molecule has 2 heterocycles. The van der Waals surface area contributed by atoms with E-state index in [4.69, 9.17) is 4.74 Å². The molecule has 2 unspecified atom stereocenters. The van der Waals surface area contributed by atoms with Crippen molar-refractivity contribution in [2.24, 2.45) is 5.92 Å². The molecule has 1 amide bonds. The van der Waals surface area contributed by atoms with Crippen LogP contribution in [0.15, 0.2) is 24.5 Å². The summed E-state index contributed by atoms with van der Waals surface area (Å²) in [5.74, 6) is -0.424. The van der Waals surface area contributed by atoms with Crippen LogP contribution in [-0.2, 0) is 20.7 Å². The van der Waals surface area contributed by atoms with E-state index >= 15 is 0 Å². The van der Waals surface area contributed by atoms with E-state index in [0.29, 0.717) is 19.4 Å². The van der Waals surface area contributed by atoms with E-state index in [0.717, 1.165) is 24.9 Å².